The number of carbonyl (C=O) groups is 1. The van der Waals surface area contributed by atoms with Gasteiger partial charge in [0.2, 0.25) is 11.9 Å². The molecule has 3 rings (SSSR count). The Morgan fingerprint density at radius 2 is 2.26 bits per heavy atom. The summed E-state index contributed by atoms with van der Waals surface area (Å²) in [6.45, 7) is 0. The normalized spacial score (nSPS) is 15.0. The molecule has 1 aliphatic carbocycles. The number of aromatic nitrogens is 3. The van der Waals surface area contributed by atoms with Gasteiger partial charge in [0.05, 0.1) is 0 Å². The number of carbonyl (C=O) groups excluding carboxylic acids is 1. The molecular formula is C13H13BrN4O. The van der Waals surface area contributed by atoms with Crippen molar-refractivity contribution in [1.29, 1.82) is 0 Å². The molecule has 0 unspecified atom stereocenters. The van der Waals surface area contributed by atoms with Gasteiger partial charge in [0.25, 0.3) is 0 Å². The molecule has 0 radical (unpaired) electrons. The predicted octanol–water partition coefficient (Wildman–Crippen LogP) is 2.97. The van der Waals surface area contributed by atoms with Crippen LogP contribution >= 0.6 is 15.9 Å². The Labute approximate surface area is 119 Å². The molecule has 0 aliphatic heterocycles. The van der Waals surface area contributed by atoms with Crippen LogP contribution in [0.25, 0.3) is 11.4 Å². The minimum atomic E-state index is 0.0195. The van der Waals surface area contributed by atoms with Gasteiger partial charge in [-0.15, -0.1) is 5.10 Å². The molecule has 1 aromatic heterocycles. The third kappa shape index (κ3) is 2.68. The molecule has 1 saturated carbocycles. The number of nitrogens with one attached hydrogen (secondary N) is 2. The summed E-state index contributed by atoms with van der Waals surface area (Å²) >= 11 is 3.41. The molecule has 0 saturated heterocycles. The van der Waals surface area contributed by atoms with E-state index in [1.807, 2.05) is 24.3 Å². The third-order valence-corrected chi connectivity index (χ3v) is 3.79. The summed E-state index contributed by atoms with van der Waals surface area (Å²) in [6, 6.07) is 7.74. The van der Waals surface area contributed by atoms with Crippen LogP contribution < -0.4 is 5.32 Å². The van der Waals surface area contributed by atoms with Gasteiger partial charge in [-0.25, -0.2) is 0 Å². The molecule has 1 heterocycles. The zero-order valence-electron chi connectivity index (χ0n) is 10.2. The Morgan fingerprint density at radius 1 is 1.42 bits per heavy atom. The van der Waals surface area contributed by atoms with E-state index in [2.05, 4.69) is 36.4 Å². The average Bonchev–Trinajstić information content (AvgIpc) is 2.75. The lowest BCUT2D eigenvalue weighted by Gasteiger charge is -2.23. The molecule has 19 heavy (non-hydrogen) atoms. The highest BCUT2D eigenvalue weighted by molar-refractivity contribution is 9.10. The first-order valence-corrected chi connectivity index (χ1v) is 7.01. The van der Waals surface area contributed by atoms with Gasteiger partial charge in [0.15, 0.2) is 5.82 Å². The van der Waals surface area contributed by atoms with Gasteiger partial charge in [0, 0.05) is 16.0 Å². The van der Waals surface area contributed by atoms with Crippen LogP contribution in [0.4, 0.5) is 5.95 Å². The topological polar surface area (TPSA) is 70.7 Å². The van der Waals surface area contributed by atoms with Gasteiger partial charge in [-0.2, -0.15) is 4.98 Å². The van der Waals surface area contributed by atoms with Crippen molar-refractivity contribution in [3.05, 3.63) is 28.7 Å². The Morgan fingerprint density at radius 3 is 2.95 bits per heavy atom. The van der Waals surface area contributed by atoms with E-state index >= 15 is 0 Å². The van der Waals surface area contributed by atoms with Crippen LogP contribution in [0.5, 0.6) is 0 Å². The van der Waals surface area contributed by atoms with Crippen molar-refractivity contribution in [1.82, 2.24) is 15.2 Å². The number of hydrogen-bond acceptors (Lipinski definition) is 3. The molecule has 98 valence electrons. The molecule has 1 fully saturated rings. The van der Waals surface area contributed by atoms with Crippen molar-refractivity contribution in [2.45, 2.75) is 19.3 Å². The first-order valence-electron chi connectivity index (χ1n) is 6.21. The summed E-state index contributed by atoms with van der Waals surface area (Å²) in [4.78, 5) is 16.1. The number of H-pyrrole nitrogens is 1. The number of halogens is 1. The highest BCUT2D eigenvalue weighted by atomic mass is 79.9. The SMILES string of the molecule is O=C(Nc1n[nH]c(-c2cccc(Br)c2)n1)C1CCC1. The van der Waals surface area contributed by atoms with Crippen molar-refractivity contribution in [3.63, 3.8) is 0 Å². The largest absolute Gasteiger partial charge is 0.293 e. The Kier molecular flexibility index (Phi) is 3.33. The zero-order chi connectivity index (χ0) is 13.2. The van der Waals surface area contributed by atoms with Crippen LogP contribution in [0, 0.1) is 5.92 Å². The van der Waals surface area contributed by atoms with Crippen molar-refractivity contribution >= 4 is 27.8 Å². The van der Waals surface area contributed by atoms with Gasteiger partial charge in [-0.3, -0.25) is 15.2 Å². The Hall–Kier alpha value is -1.69. The van der Waals surface area contributed by atoms with Gasteiger partial charge in [-0.1, -0.05) is 34.5 Å². The van der Waals surface area contributed by atoms with Gasteiger partial charge >= 0.3 is 0 Å². The second kappa shape index (κ2) is 5.13. The Balaban J connectivity index is 1.74. The van der Waals surface area contributed by atoms with E-state index < -0.39 is 0 Å². The molecule has 0 spiro atoms. The highest BCUT2D eigenvalue weighted by Crippen LogP contribution is 2.27. The van der Waals surface area contributed by atoms with E-state index in [0.717, 1.165) is 29.3 Å². The molecule has 1 amide bonds. The van der Waals surface area contributed by atoms with Crippen LogP contribution in [-0.2, 0) is 4.79 Å². The van der Waals surface area contributed by atoms with Crippen LogP contribution in [0.2, 0.25) is 0 Å². The van der Waals surface area contributed by atoms with Crippen molar-refractivity contribution in [2.24, 2.45) is 5.92 Å². The lowest BCUT2D eigenvalue weighted by molar-refractivity contribution is -0.122. The van der Waals surface area contributed by atoms with E-state index in [-0.39, 0.29) is 11.8 Å². The number of anilines is 1. The van der Waals surface area contributed by atoms with E-state index in [1.165, 1.54) is 0 Å². The maximum absolute atomic E-state index is 11.8. The van der Waals surface area contributed by atoms with Crippen LogP contribution in [0.1, 0.15) is 19.3 Å². The summed E-state index contributed by atoms with van der Waals surface area (Å²) in [5.41, 5.74) is 0.922. The molecule has 0 atom stereocenters. The minimum Gasteiger partial charge on any atom is -0.293 e. The van der Waals surface area contributed by atoms with E-state index in [0.29, 0.717) is 11.8 Å². The van der Waals surface area contributed by atoms with E-state index in [1.54, 1.807) is 0 Å². The van der Waals surface area contributed by atoms with Crippen LogP contribution in [-0.4, -0.2) is 21.1 Å². The van der Waals surface area contributed by atoms with Gasteiger partial charge in [0.1, 0.15) is 0 Å². The smallest absolute Gasteiger partial charge is 0.249 e. The summed E-state index contributed by atoms with van der Waals surface area (Å²) in [7, 11) is 0. The summed E-state index contributed by atoms with van der Waals surface area (Å²) < 4.78 is 0.974. The van der Waals surface area contributed by atoms with E-state index in [4.69, 9.17) is 0 Å². The molecule has 1 aliphatic rings. The quantitative estimate of drug-likeness (QED) is 0.913. The fourth-order valence-corrected chi connectivity index (χ4v) is 2.36. The molecular weight excluding hydrogens is 308 g/mol. The number of nitrogens with zero attached hydrogens (tertiary/aromatic N) is 2. The number of hydrogen-bond donors (Lipinski definition) is 2. The van der Waals surface area contributed by atoms with Crippen LogP contribution in [0.15, 0.2) is 28.7 Å². The van der Waals surface area contributed by atoms with Crippen molar-refractivity contribution < 1.29 is 4.79 Å². The van der Waals surface area contributed by atoms with E-state index in [9.17, 15) is 4.79 Å². The highest BCUT2D eigenvalue weighted by Gasteiger charge is 2.26. The Bertz CT molecular complexity index is 606. The molecule has 0 bridgehead atoms. The maximum Gasteiger partial charge on any atom is 0.249 e. The average molecular weight is 321 g/mol. The first-order chi connectivity index (χ1) is 9.22. The first kappa shape index (κ1) is 12.3. The summed E-state index contributed by atoms with van der Waals surface area (Å²) in [5.74, 6) is 1.14. The zero-order valence-corrected chi connectivity index (χ0v) is 11.8. The third-order valence-electron chi connectivity index (χ3n) is 3.29. The molecule has 2 aromatic rings. The predicted molar refractivity (Wildman–Crippen MR) is 75.5 cm³/mol. The standard InChI is InChI=1S/C13H13BrN4O/c14-10-6-2-5-9(7-10)11-15-13(18-17-11)16-12(19)8-3-1-4-8/h2,5-8H,1,3-4H2,(H2,15,16,17,18,19). The van der Waals surface area contributed by atoms with Gasteiger partial charge < -0.3 is 0 Å². The fraction of sp³-hybridized carbons (Fsp3) is 0.308. The minimum absolute atomic E-state index is 0.0195. The second-order valence-corrected chi connectivity index (χ2v) is 5.55. The fourth-order valence-electron chi connectivity index (χ4n) is 1.97. The number of amides is 1. The lowest BCUT2D eigenvalue weighted by atomic mass is 9.85. The molecule has 1 aromatic carbocycles. The summed E-state index contributed by atoms with van der Waals surface area (Å²) in [5, 5.41) is 9.60. The van der Waals surface area contributed by atoms with Crippen molar-refractivity contribution in [2.75, 3.05) is 5.32 Å². The van der Waals surface area contributed by atoms with Crippen LogP contribution in [0.3, 0.4) is 0 Å². The van der Waals surface area contributed by atoms with Gasteiger partial charge in [-0.05, 0) is 25.0 Å². The monoisotopic (exact) mass is 320 g/mol. The molecule has 2 N–H and O–H groups in total. The van der Waals surface area contributed by atoms with Crippen molar-refractivity contribution in [3.8, 4) is 11.4 Å². The second-order valence-electron chi connectivity index (χ2n) is 4.64. The molecule has 6 heteroatoms. The molecule has 5 nitrogen and oxygen atoms in total. The lowest BCUT2D eigenvalue weighted by Crippen LogP contribution is -2.28. The maximum atomic E-state index is 11.8. The number of rotatable bonds is 3. The number of benzene rings is 1. The number of aromatic amines is 1. The summed E-state index contributed by atoms with van der Waals surface area (Å²) in [6.07, 6.45) is 3.07.